The molecular weight excluding hydrogens is 520 g/mol. The molecule has 0 radical (unpaired) electrons. The van der Waals surface area contributed by atoms with Crippen molar-refractivity contribution in [3.05, 3.63) is 94.6 Å². The Morgan fingerprint density at radius 1 is 0.971 bits per heavy atom. The van der Waals surface area contributed by atoms with Gasteiger partial charge in [-0.3, -0.25) is 0 Å². The number of hydrogen-bond donors (Lipinski definition) is 0. The van der Waals surface area contributed by atoms with Crippen LogP contribution in [0.3, 0.4) is 0 Å². The van der Waals surface area contributed by atoms with Gasteiger partial charge in [-0.05, 0) is 72.3 Å². The second kappa shape index (κ2) is 9.82. The smallest absolute Gasteiger partial charge is 0.359 e. The second-order valence-electron chi connectivity index (χ2n) is 7.52. The van der Waals surface area contributed by atoms with Gasteiger partial charge >= 0.3 is 5.97 Å². The number of ether oxygens (including phenoxy) is 2. The van der Waals surface area contributed by atoms with Gasteiger partial charge in [0.2, 0.25) is 0 Å². The van der Waals surface area contributed by atoms with Crippen LogP contribution in [0.5, 0.6) is 5.75 Å². The van der Waals surface area contributed by atoms with Crippen molar-refractivity contribution < 1.29 is 22.7 Å². The summed E-state index contributed by atoms with van der Waals surface area (Å²) in [7, 11) is -1.75. The van der Waals surface area contributed by atoms with Gasteiger partial charge in [-0.25, -0.2) is 17.9 Å². The first-order valence-electron chi connectivity index (χ1n) is 10.2. The number of methoxy groups -OCH3 is 1. The maximum absolute atomic E-state index is 12.8. The number of benzene rings is 3. The van der Waals surface area contributed by atoms with Crippen LogP contribution >= 0.6 is 15.9 Å². The van der Waals surface area contributed by atoms with Crippen LogP contribution in [0.15, 0.2) is 88.2 Å². The summed E-state index contributed by atoms with van der Waals surface area (Å²) in [6.07, 6.45) is 1.15. The number of carbonyl (C=O) groups excluding carboxylic acids is 1. The summed E-state index contributed by atoms with van der Waals surface area (Å²) in [6.45, 7) is 0.111. The zero-order valence-electron chi connectivity index (χ0n) is 18.4. The third-order valence-corrected chi connectivity index (χ3v) is 6.75. The third kappa shape index (κ3) is 5.37. The third-order valence-electron chi connectivity index (χ3n) is 5.10. The fourth-order valence-corrected chi connectivity index (χ4v) is 4.18. The summed E-state index contributed by atoms with van der Waals surface area (Å²) in [6, 6.07) is 22.8. The average molecular weight is 541 g/mol. The minimum atomic E-state index is -3.34. The Bertz CT molecular complexity index is 1410. The van der Waals surface area contributed by atoms with Crippen molar-refractivity contribution in [3.63, 3.8) is 0 Å². The van der Waals surface area contributed by atoms with Crippen molar-refractivity contribution in [2.75, 3.05) is 13.4 Å². The molecule has 0 bridgehead atoms. The quantitative estimate of drug-likeness (QED) is 0.304. The van der Waals surface area contributed by atoms with E-state index in [1.54, 1.807) is 30.0 Å². The highest BCUT2D eigenvalue weighted by atomic mass is 79.9. The zero-order chi connectivity index (χ0) is 24.3. The summed E-state index contributed by atoms with van der Waals surface area (Å²) in [5.74, 6) is 0.130. The lowest BCUT2D eigenvalue weighted by atomic mass is 10.1. The monoisotopic (exact) mass is 540 g/mol. The Kier molecular flexibility index (Phi) is 6.85. The highest BCUT2D eigenvalue weighted by Gasteiger charge is 2.19. The van der Waals surface area contributed by atoms with Crippen LogP contribution in [0.2, 0.25) is 0 Å². The first-order chi connectivity index (χ1) is 16.2. The lowest BCUT2D eigenvalue weighted by molar-refractivity contribution is 0.0465. The van der Waals surface area contributed by atoms with E-state index in [9.17, 15) is 13.2 Å². The van der Waals surface area contributed by atoms with Gasteiger partial charge in [-0.2, -0.15) is 5.10 Å². The predicted molar refractivity (Wildman–Crippen MR) is 132 cm³/mol. The molecule has 0 spiro atoms. The zero-order valence-corrected chi connectivity index (χ0v) is 20.8. The molecule has 0 saturated heterocycles. The molecule has 0 atom stereocenters. The second-order valence-corrected chi connectivity index (χ2v) is 10.5. The number of rotatable bonds is 7. The first-order valence-corrected chi connectivity index (χ1v) is 12.9. The fourth-order valence-electron chi connectivity index (χ4n) is 3.28. The standard InChI is InChI=1S/C25H21BrN2O5S/c1-32-21-11-5-18(6-12-21)24-15-23(25(29)33-16-17-3-7-19(26)8-4-17)27-28(24)20-9-13-22(14-10-20)34(2,30)31/h3-15H,16H2,1-2H3. The largest absolute Gasteiger partial charge is 0.497 e. The van der Waals surface area contributed by atoms with Crippen LogP contribution in [-0.2, 0) is 21.2 Å². The van der Waals surface area contributed by atoms with E-state index in [0.717, 1.165) is 21.9 Å². The maximum Gasteiger partial charge on any atom is 0.359 e. The van der Waals surface area contributed by atoms with Gasteiger partial charge in [-0.1, -0.05) is 28.1 Å². The lowest BCUT2D eigenvalue weighted by Gasteiger charge is -2.09. The molecule has 0 unspecified atom stereocenters. The Morgan fingerprint density at radius 2 is 1.62 bits per heavy atom. The SMILES string of the molecule is COc1ccc(-c2cc(C(=O)OCc3ccc(Br)cc3)nn2-c2ccc(S(C)(=O)=O)cc2)cc1. The number of carbonyl (C=O) groups is 1. The first kappa shape index (κ1) is 23.7. The number of sulfone groups is 1. The molecule has 7 nitrogen and oxygen atoms in total. The lowest BCUT2D eigenvalue weighted by Crippen LogP contribution is -2.07. The summed E-state index contributed by atoms with van der Waals surface area (Å²) in [5, 5.41) is 4.47. The van der Waals surface area contributed by atoms with E-state index in [1.807, 2.05) is 48.5 Å². The highest BCUT2D eigenvalue weighted by Crippen LogP contribution is 2.27. The molecule has 174 valence electrons. The molecule has 1 aromatic heterocycles. The highest BCUT2D eigenvalue weighted by molar-refractivity contribution is 9.10. The Morgan fingerprint density at radius 3 is 2.21 bits per heavy atom. The number of aromatic nitrogens is 2. The van der Waals surface area contributed by atoms with Crippen LogP contribution < -0.4 is 4.74 Å². The minimum absolute atomic E-state index is 0.111. The van der Waals surface area contributed by atoms with Crippen molar-refractivity contribution >= 4 is 31.7 Å². The molecular formula is C25H21BrN2O5S. The van der Waals surface area contributed by atoms with Crippen LogP contribution in [-0.4, -0.2) is 37.5 Å². The molecule has 3 aromatic carbocycles. The van der Waals surface area contributed by atoms with Crippen molar-refractivity contribution in [3.8, 4) is 22.7 Å². The van der Waals surface area contributed by atoms with Gasteiger partial charge in [0, 0.05) is 16.3 Å². The molecule has 1 heterocycles. The fraction of sp³-hybridized carbons (Fsp3) is 0.120. The number of nitrogens with zero attached hydrogens (tertiary/aromatic N) is 2. The summed E-state index contributed by atoms with van der Waals surface area (Å²) in [4.78, 5) is 13.0. The van der Waals surface area contributed by atoms with Gasteiger partial charge in [0.25, 0.3) is 0 Å². The molecule has 0 N–H and O–H groups in total. The molecule has 4 aromatic rings. The molecule has 0 aliphatic carbocycles. The van der Waals surface area contributed by atoms with Crippen molar-refractivity contribution in [1.82, 2.24) is 9.78 Å². The minimum Gasteiger partial charge on any atom is -0.497 e. The van der Waals surface area contributed by atoms with E-state index in [2.05, 4.69) is 21.0 Å². The van der Waals surface area contributed by atoms with Crippen LogP contribution in [0, 0.1) is 0 Å². The average Bonchev–Trinajstić information content (AvgIpc) is 3.29. The predicted octanol–water partition coefficient (Wildman–Crippen LogP) is 5.07. The van der Waals surface area contributed by atoms with Crippen molar-refractivity contribution in [2.24, 2.45) is 0 Å². The van der Waals surface area contributed by atoms with Crippen molar-refractivity contribution in [2.45, 2.75) is 11.5 Å². The Hall–Kier alpha value is -3.43. The maximum atomic E-state index is 12.8. The van der Waals surface area contributed by atoms with Crippen LogP contribution in [0.4, 0.5) is 0 Å². The number of hydrogen-bond acceptors (Lipinski definition) is 6. The molecule has 0 aliphatic heterocycles. The number of halogens is 1. The molecule has 0 saturated carbocycles. The molecule has 9 heteroatoms. The van der Waals surface area contributed by atoms with Gasteiger partial charge in [-0.15, -0.1) is 0 Å². The molecule has 4 rings (SSSR count). The Balaban J connectivity index is 1.68. The number of esters is 1. The summed E-state index contributed by atoms with van der Waals surface area (Å²) >= 11 is 3.38. The van der Waals surface area contributed by atoms with Gasteiger partial charge in [0.05, 0.1) is 23.4 Å². The van der Waals surface area contributed by atoms with Crippen LogP contribution in [0.1, 0.15) is 16.1 Å². The van der Waals surface area contributed by atoms with Gasteiger partial charge < -0.3 is 9.47 Å². The van der Waals surface area contributed by atoms with Gasteiger partial charge in [0.15, 0.2) is 15.5 Å². The van der Waals surface area contributed by atoms with E-state index in [4.69, 9.17) is 9.47 Å². The molecule has 0 amide bonds. The van der Waals surface area contributed by atoms with Crippen LogP contribution in [0.25, 0.3) is 16.9 Å². The molecule has 34 heavy (non-hydrogen) atoms. The van der Waals surface area contributed by atoms with Gasteiger partial charge in [0.1, 0.15) is 12.4 Å². The van der Waals surface area contributed by atoms with E-state index >= 15 is 0 Å². The van der Waals surface area contributed by atoms with E-state index in [-0.39, 0.29) is 17.2 Å². The molecule has 0 aliphatic rings. The summed E-state index contributed by atoms with van der Waals surface area (Å²) < 4.78 is 36.9. The van der Waals surface area contributed by atoms with E-state index in [0.29, 0.717) is 17.1 Å². The van der Waals surface area contributed by atoms with Crippen molar-refractivity contribution in [1.29, 1.82) is 0 Å². The summed E-state index contributed by atoms with van der Waals surface area (Å²) in [5.41, 5.74) is 3.03. The molecule has 0 fully saturated rings. The normalized spacial score (nSPS) is 11.3. The topological polar surface area (TPSA) is 87.5 Å². The van der Waals surface area contributed by atoms with E-state index in [1.165, 1.54) is 12.1 Å². The Labute approximate surface area is 206 Å². The van der Waals surface area contributed by atoms with E-state index < -0.39 is 15.8 Å².